The van der Waals surface area contributed by atoms with Crippen molar-refractivity contribution >= 4 is 23.2 Å². The lowest BCUT2D eigenvalue weighted by Crippen LogP contribution is -2.60. The molecule has 0 aromatic carbocycles. The van der Waals surface area contributed by atoms with Gasteiger partial charge in [0.15, 0.2) is 0 Å². The van der Waals surface area contributed by atoms with E-state index < -0.39 is 35.2 Å². The van der Waals surface area contributed by atoms with E-state index in [0.717, 1.165) is 0 Å². The van der Waals surface area contributed by atoms with Crippen molar-refractivity contribution in [1.82, 2.24) is 0 Å². The lowest BCUT2D eigenvalue weighted by Gasteiger charge is -2.38. The Morgan fingerprint density at radius 3 is 1.08 bits per heavy atom. The number of rotatable bonds is 0. The van der Waals surface area contributed by atoms with Crippen molar-refractivity contribution in [3.05, 3.63) is 0 Å². The number of aliphatic hydroxyl groups is 4. The minimum atomic E-state index is -1.45. The number of aliphatic hydroxyl groups excluding tert-OH is 4. The van der Waals surface area contributed by atoms with E-state index in [-0.39, 0.29) is 0 Å². The first kappa shape index (κ1) is 10.5. The van der Waals surface area contributed by atoms with Crippen LogP contribution in [0.5, 0.6) is 0 Å². The highest BCUT2D eigenvalue weighted by Crippen LogP contribution is 2.28. The number of hydrogen-bond acceptors (Lipinski definition) is 4. The Kier molecular flexibility index (Phi) is 3.20. The molecule has 0 spiro atoms. The minimum absolute atomic E-state index is 0.958. The van der Waals surface area contributed by atoms with Crippen LogP contribution in [0.15, 0.2) is 0 Å². The summed E-state index contributed by atoms with van der Waals surface area (Å²) in [4.78, 5) is 0. The maximum absolute atomic E-state index is 9.17. The third kappa shape index (κ3) is 1.55. The van der Waals surface area contributed by atoms with Crippen molar-refractivity contribution in [2.75, 3.05) is 0 Å². The quantitative estimate of drug-likeness (QED) is 0.378. The van der Waals surface area contributed by atoms with E-state index in [0.29, 0.717) is 0 Å². The maximum atomic E-state index is 9.17. The Labute approximate surface area is 79.3 Å². The van der Waals surface area contributed by atoms with E-state index in [2.05, 4.69) is 0 Å². The van der Waals surface area contributed by atoms with Gasteiger partial charge < -0.3 is 20.4 Å². The van der Waals surface area contributed by atoms with Crippen molar-refractivity contribution in [3.8, 4) is 0 Å². The van der Waals surface area contributed by atoms with E-state index >= 15 is 0 Å². The molecule has 4 N–H and O–H groups in total. The van der Waals surface area contributed by atoms with Gasteiger partial charge in [0.1, 0.15) is 24.4 Å². The van der Waals surface area contributed by atoms with Crippen LogP contribution in [0.3, 0.4) is 0 Å². The van der Waals surface area contributed by atoms with Crippen molar-refractivity contribution in [1.29, 1.82) is 0 Å². The summed E-state index contributed by atoms with van der Waals surface area (Å²) in [5, 5.41) is 34.6. The van der Waals surface area contributed by atoms with Gasteiger partial charge in [-0.15, -0.1) is 23.2 Å². The van der Waals surface area contributed by atoms with E-state index in [9.17, 15) is 0 Å². The number of halogens is 2. The first-order valence-corrected chi connectivity index (χ1v) is 4.34. The lowest BCUT2D eigenvalue weighted by molar-refractivity contribution is -0.131. The van der Waals surface area contributed by atoms with Gasteiger partial charge in [-0.2, -0.15) is 0 Å². The smallest absolute Gasteiger partial charge is 0.110 e. The molecule has 72 valence electrons. The Balaban J connectivity index is 2.76. The zero-order valence-corrected chi connectivity index (χ0v) is 7.52. The maximum Gasteiger partial charge on any atom is 0.110 e. The second kappa shape index (κ2) is 3.65. The molecule has 0 aromatic rings. The van der Waals surface area contributed by atoms with Crippen molar-refractivity contribution in [3.63, 3.8) is 0 Å². The Morgan fingerprint density at radius 2 is 0.833 bits per heavy atom. The summed E-state index contributed by atoms with van der Waals surface area (Å²) in [7, 11) is 0. The molecule has 0 saturated heterocycles. The minimum Gasteiger partial charge on any atom is -0.389 e. The summed E-state index contributed by atoms with van der Waals surface area (Å²) in [5.41, 5.74) is 0. The van der Waals surface area contributed by atoms with E-state index in [1.54, 1.807) is 0 Å². The average molecular weight is 217 g/mol. The SMILES string of the molecule is OC1C(O)C(O)C(Cl)C(Cl)C1O. The van der Waals surface area contributed by atoms with Crippen LogP contribution in [0, 0.1) is 0 Å². The average Bonchev–Trinajstić information content (AvgIpc) is 2.08. The molecule has 1 fully saturated rings. The van der Waals surface area contributed by atoms with Crippen LogP contribution in [0.4, 0.5) is 0 Å². The topological polar surface area (TPSA) is 80.9 Å². The fourth-order valence-corrected chi connectivity index (χ4v) is 1.75. The molecule has 12 heavy (non-hydrogen) atoms. The summed E-state index contributed by atoms with van der Waals surface area (Å²) >= 11 is 11.1. The standard InChI is InChI=1S/C6H10Cl2O4/c7-1-2(8)4(10)6(12)5(11)3(1)9/h1-6,9-12H. The normalized spacial score (nSPS) is 55.5. The van der Waals surface area contributed by atoms with Gasteiger partial charge >= 0.3 is 0 Å². The second-order valence-electron chi connectivity index (χ2n) is 2.85. The summed E-state index contributed by atoms with van der Waals surface area (Å²) in [6.45, 7) is 0. The lowest BCUT2D eigenvalue weighted by atomic mass is 9.89. The molecule has 0 radical (unpaired) electrons. The fourth-order valence-electron chi connectivity index (χ4n) is 1.16. The van der Waals surface area contributed by atoms with Gasteiger partial charge in [-0.3, -0.25) is 0 Å². The van der Waals surface area contributed by atoms with Gasteiger partial charge in [0.2, 0.25) is 0 Å². The van der Waals surface area contributed by atoms with E-state index in [4.69, 9.17) is 43.6 Å². The van der Waals surface area contributed by atoms with Gasteiger partial charge in [0.05, 0.1) is 10.8 Å². The predicted octanol–water partition coefficient (Wildman–Crippen LogP) is -1.34. The molecule has 1 aliphatic rings. The predicted molar refractivity (Wildman–Crippen MR) is 43.3 cm³/mol. The fraction of sp³-hybridized carbons (Fsp3) is 1.00. The van der Waals surface area contributed by atoms with Crippen LogP contribution < -0.4 is 0 Å². The van der Waals surface area contributed by atoms with Crippen molar-refractivity contribution in [2.24, 2.45) is 0 Å². The molecule has 6 atom stereocenters. The zero-order chi connectivity index (χ0) is 9.46. The third-order valence-corrected chi connectivity index (χ3v) is 3.19. The van der Waals surface area contributed by atoms with Crippen LogP contribution in [0.2, 0.25) is 0 Å². The second-order valence-corrected chi connectivity index (χ2v) is 3.86. The van der Waals surface area contributed by atoms with Crippen LogP contribution >= 0.6 is 23.2 Å². The van der Waals surface area contributed by atoms with E-state index in [1.165, 1.54) is 0 Å². The molecule has 6 unspecified atom stereocenters. The van der Waals surface area contributed by atoms with Gasteiger partial charge in [-0.25, -0.2) is 0 Å². The molecular weight excluding hydrogens is 207 g/mol. The summed E-state index contributed by atoms with van der Waals surface area (Å²) in [5.74, 6) is 0. The van der Waals surface area contributed by atoms with E-state index in [1.807, 2.05) is 0 Å². The highest BCUT2D eigenvalue weighted by molar-refractivity contribution is 6.30. The first-order valence-electron chi connectivity index (χ1n) is 3.47. The monoisotopic (exact) mass is 216 g/mol. The van der Waals surface area contributed by atoms with Crippen molar-refractivity contribution < 1.29 is 20.4 Å². The van der Waals surface area contributed by atoms with Crippen LogP contribution in [-0.4, -0.2) is 55.6 Å². The van der Waals surface area contributed by atoms with Crippen LogP contribution in [0.25, 0.3) is 0 Å². The molecule has 0 aromatic heterocycles. The summed E-state index contributed by atoms with van der Waals surface area (Å²) in [6, 6.07) is 0. The summed E-state index contributed by atoms with van der Waals surface area (Å²) < 4.78 is 0. The van der Waals surface area contributed by atoms with Gasteiger partial charge in [0, 0.05) is 0 Å². The molecule has 6 heteroatoms. The number of alkyl halides is 2. The van der Waals surface area contributed by atoms with Crippen molar-refractivity contribution in [2.45, 2.75) is 35.2 Å². The van der Waals surface area contributed by atoms with Crippen LogP contribution in [0.1, 0.15) is 0 Å². The Bertz CT molecular complexity index is 109. The molecule has 1 rings (SSSR count). The molecule has 1 saturated carbocycles. The van der Waals surface area contributed by atoms with Crippen LogP contribution in [-0.2, 0) is 0 Å². The first-order chi connectivity index (χ1) is 5.46. The molecule has 0 aliphatic heterocycles. The molecular formula is C6H10Cl2O4. The largest absolute Gasteiger partial charge is 0.389 e. The molecule has 1 aliphatic carbocycles. The highest BCUT2D eigenvalue weighted by Gasteiger charge is 2.47. The molecule has 4 nitrogen and oxygen atoms in total. The Hall–Kier alpha value is 0.420. The van der Waals surface area contributed by atoms with Gasteiger partial charge in [-0.1, -0.05) is 0 Å². The number of hydrogen-bond donors (Lipinski definition) is 4. The van der Waals surface area contributed by atoms with Gasteiger partial charge in [-0.05, 0) is 0 Å². The Morgan fingerprint density at radius 1 is 0.583 bits per heavy atom. The molecule has 0 heterocycles. The zero-order valence-electron chi connectivity index (χ0n) is 6.01. The molecule has 0 bridgehead atoms. The highest BCUT2D eigenvalue weighted by atomic mass is 35.5. The third-order valence-electron chi connectivity index (χ3n) is 2.01. The van der Waals surface area contributed by atoms with Gasteiger partial charge in [0.25, 0.3) is 0 Å². The molecule has 0 amide bonds. The summed E-state index contributed by atoms with van der Waals surface area (Å²) in [6.07, 6.45) is -5.52.